The van der Waals surface area contributed by atoms with Gasteiger partial charge < -0.3 is 15.4 Å². The van der Waals surface area contributed by atoms with E-state index in [2.05, 4.69) is 11.8 Å². The first-order valence-corrected chi connectivity index (χ1v) is 5.19. The number of rotatable bonds is 4. The van der Waals surface area contributed by atoms with Crippen molar-refractivity contribution >= 4 is 0 Å². The normalized spacial score (nSPS) is 27.5. The Morgan fingerprint density at radius 3 is 3.00 bits per heavy atom. The molecule has 0 saturated carbocycles. The van der Waals surface area contributed by atoms with Gasteiger partial charge in [0.25, 0.3) is 0 Å². The molecule has 0 aromatic heterocycles. The third-order valence-corrected chi connectivity index (χ3v) is 2.55. The maximum absolute atomic E-state index is 5.77. The number of ether oxygens (including phenoxy) is 1. The van der Waals surface area contributed by atoms with Gasteiger partial charge in [-0.05, 0) is 32.2 Å². The lowest BCUT2D eigenvalue weighted by molar-refractivity contribution is 0.0886. The molecule has 1 aliphatic rings. The first-order valence-electron chi connectivity index (χ1n) is 5.19. The van der Waals surface area contributed by atoms with Crippen molar-refractivity contribution in [2.75, 3.05) is 33.4 Å². The van der Waals surface area contributed by atoms with Crippen molar-refractivity contribution in [3.8, 4) is 0 Å². The predicted octanol–water partition coefficient (Wildman–Crippen LogP) is 0.692. The van der Waals surface area contributed by atoms with E-state index in [1.165, 1.54) is 19.4 Å². The van der Waals surface area contributed by atoms with Crippen LogP contribution in [0, 0.1) is 5.92 Å². The zero-order valence-corrected chi connectivity index (χ0v) is 8.83. The fraction of sp³-hybridized carbons (Fsp3) is 1.00. The highest BCUT2D eigenvalue weighted by molar-refractivity contribution is 4.74. The summed E-state index contributed by atoms with van der Waals surface area (Å²) in [5, 5.41) is 0. The average molecular weight is 186 g/mol. The van der Waals surface area contributed by atoms with Gasteiger partial charge in [0.15, 0.2) is 0 Å². The predicted molar refractivity (Wildman–Crippen MR) is 54.7 cm³/mol. The maximum Gasteiger partial charge on any atom is 0.0502 e. The minimum absolute atomic E-state index is 0.293. The zero-order chi connectivity index (χ0) is 9.68. The molecule has 0 aromatic rings. The van der Waals surface area contributed by atoms with Gasteiger partial charge in [-0.3, -0.25) is 0 Å². The van der Waals surface area contributed by atoms with Crippen LogP contribution in [0.1, 0.15) is 19.8 Å². The average Bonchev–Trinajstić information content (AvgIpc) is 2.04. The van der Waals surface area contributed by atoms with Crippen LogP contribution < -0.4 is 5.73 Å². The highest BCUT2D eigenvalue weighted by Gasteiger charge is 2.19. The molecule has 3 heteroatoms. The van der Waals surface area contributed by atoms with Crippen molar-refractivity contribution in [2.24, 2.45) is 11.7 Å². The number of piperidine rings is 1. The summed E-state index contributed by atoms with van der Waals surface area (Å²) in [7, 11) is 1.78. The Labute approximate surface area is 81.2 Å². The van der Waals surface area contributed by atoms with E-state index in [4.69, 9.17) is 10.5 Å². The molecule has 2 N–H and O–H groups in total. The number of nitrogens with two attached hydrogens (primary N) is 1. The first-order chi connectivity index (χ1) is 6.22. The van der Waals surface area contributed by atoms with Gasteiger partial charge in [-0.25, -0.2) is 0 Å². The van der Waals surface area contributed by atoms with E-state index >= 15 is 0 Å². The molecule has 1 heterocycles. The third kappa shape index (κ3) is 4.07. The summed E-state index contributed by atoms with van der Waals surface area (Å²) in [6.45, 7) is 6.37. The molecular formula is C10H22N2O. The molecule has 2 atom stereocenters. The van der Waals surface area contributed by atoms with E-state index in [1.807, 2.05) is 0 Å². The van der Waals surface area contributed by atoms with Crippen LogP contribution in [0.5, 0.6) is 0 Å². The minimum Gasteiger partial charge on any atom is -0.384 e. The van der Waals surface area contributed by atoms with Crippen molar-refractivity contribution in [1.29, 1.82) is 0 Å². The summed E-state index contributed by atoms with van der Waals surface area (Å²) in [5.74, 6) is 0.720. The highest BCUT2D eigenvalue weighted by Crippen LogP contribution is 2.16. The molecule has 1 rings (SSSR count). The van der Waals surface area contributed by atoms with Crippen LogP contribution in [0.4, 0.5) is 0 Å². The molecule has 2 unspecified atom stereocenters. The smallest absolute Gasteiger partial charge is 0.0502 e. The van der Waals surface area contributed by atoms with Crippen molar-refractivity contribution < 1.29 is 4.74 Å². The molecule has 78 valence electrons. The largest absolute Gasteiger partial charge is 0.384 e. The van der Waals surface area contributed by atoms with E-state index in [1.54, 1.807) is 7.11 Å². The number of methoxy groups -OCH3 is 1. The van der Waals surface area contributed by atoms with Crippen molar-refractivity contribution in [3.63, 3.8) is 0 Å². The van der Waals surface area contributed by atoms with Gasteiger partial charge in [0.1, 0.15) is 0 Å². The van der Waals surface area contributed by atoms with E-state index < -0.39 is 0 Å². The third-order valence-electron chi connectivity index (χ3n) is 2.55. The van der Waals surface area contributed by atoms with Crippen molar-refractivity contribution in [2.45, 2.75) is 25.8 Å². The number of likely N-dealkylation sites (tertiary alicyclic amines) is 1. The molecule has 1 fully saturated rings. The van der Waals surface area contributed by atoms with Crippen LogP contribution in [-0.4, -0.2) is 44.3 Å². The Bertz CT molecular complexity index is 137. The Balaban J connectivity index is 2.24. The lowest BCUT2D eigenvalue weighted by Gasteiger charge is -2.33. The summed E-state index contributed by atoms with van der Waals surface area (Å²) in [6, 6.07) is 0.293. The Hall–Kier alpha value is -0.120. The highest BCUT2D eigenvalue weighted by atomic mass is 16.5. The quantitative estimate of drug-likeness (QED) is 0.702. The van der Waals surface area contributed by atoms with Crippen LogP contribution in [0.3, 0.4) is 0 Å². The maximum atomic E-state index is 5.77. The van der Waals surface area contributed by atoms with Crippen LogP contribution >= 0.6 is 0 Å². The second-order valence-corrected chi connectivity index (χ2v) is 4.20. The van der Waals surface area contributed by atoms with E-state index in [0.29, 0.717) is 6.04 Å². The number of hydrogen-bond donors (Lipinski definition) is 1. The molecule has 0 radical (unpaired) electrons. The van der Waals surface area contributed by atoms with E-state index in [-0.39, 0.29) is 0 Å². The molecule has 0 aromatic carbocycles. The van der Waals surface area contributed by atoms with E-state index in [9.17, 15) is 0 Å². The van der Waals surface area contributed by atoms with Crippen molar-refractivity contribution in [1.82, 2.24) is 4.90 Å². The van der Waals surface area contributed by atoms with Crippen LogP contribution in [0.2, 0.25) is 0 Å². The summed E-state index contributed by atoms with van der Waals surface area (Å²) in [6.07, 6.45) is 2.60. The Morgan fingerprint density at radius 1 is 1.62 bits per heavy atom. The van der Waals surface area contributed by atoms with Gasteiger partial charge in [-0.1, -0.05) is 0 Å². The van der Waals surface area contributed by atoms with Gasteiger partial charge in [0.05, 0.1) is 6.61 Å². The van der Waals surface area contributed by atoms with E-state index in [0.717, 1.165) is 25.6 Å². The van der Waals surface area contributed by atoms with Crippen LogP contribution in [0.25, 0.3) is 0 Å². The minimum atomic E-state index is 0.293. The molecule has 3 nitrogen and oxygen atoms in total. The summed E-state index contributed by atoms with van der Waals surface area (Å²) >= 11 is 0. The number of hydrogen-bond acceptors (Lipinski definition) is 3. The monoisotopic (exact) mass is 186 g/mol. The molecule has 0 amide bonds. The van der Waals surface area contributed by atoms with Gasteiger partial charge in [0, 0.05) is 26.2 Å². The standard InChI is InChI=1S/C10H22N2O/c1-9(11)6-12-5-3-4-10(7-12)8-13-2/h9-10H,3-8,11H2,1-2H3. The molecular weight excluding hydrogens is 164 g/mol. The molecule has 13 heavy (non-hydrogen) atoms. The van der Waals surface area contributed by atoms with Crippen LogP contribution in [-0.2, 0) is 4.74 Å². The molecule has 0 bridgehead atoms. The molecule has 1 aliphatic heterocycles. The second kappa shape index (κ2) is 5.58. The number of nitrogens with zero attached hydrogens (tertiary/aromatic N) is 1. The SMILES string of the molecule is COCC1CCCN(CC(C)N)C1. The first kappa shape index (κ1) is 11.0. The molecule has 0 aliphatic carbocycles. The summed E-state index contributed by atoms with van der Waals surface area (Å²) in [4.78, 5) is 2.46. The van der Waals surface area contributed by atoms with Crippen molar-refractivity contribution in [3.05, 3.63) is 0 Å². The summed E-state index contributed by atoms with van der Waals surface area (Å²) < 4.78 is 5.18. The fourth-order valence-corrected chi connectivity index (χ4v) is 2.10. The molecule has 1 saturated heterocycles. The van der Waals surface area contributed by atoms with Gasteiger partial charge in [0.2, 0.25) is 0 Å². The Kier molecular flexibility index (Phi) is 4.70. The van der Waals surface area contributed by atoms with Crippen LogP contribution in [0.15, 0.2) is 0 Å². The summed E-state index contributed by atoms with van der Waals surface area (Å²) in [5.41, 5.74) is 5.77. The lowest BCUT2D eigenvalue weighted by Crippen LogP contribution is -2.42. The second-order valence-electron chi connectivity index (χ2n) is 4.20. The topological polar surface area (TPSA) is 38.5 Å². The fourth-order valence-electron chi connectivity index (χ4n) is 2.10. The molecule has 0 spiro atoms. The van der Waals surface area contributed by atoms with Gasteiger partial charge >= 0.3 is 0 Å². The van der Waals surface area contributed by atoms with Gasteiger partial charge in [-0.2, -0.15) is 0 Å². The lowest BCUT2D eigenvalue weighted by atomic mass is 9.99. The Morgan fingerprint density at radius 2 is 2.38 bits per heavy atom. The zero-order valence-electron chi connectivity index (χ0n) is 8.83. The van der Waals surface area contributed by atoms with Gasteiger partial charge in [-0.15, -0.1) is 0 Å².